The van der Waals surface area contributed by atoms with Gasteiger partial charge in [0.15, 0.2) is 26.4 Å². The Hall–Kier alpha value is -7.24. The number of nitrogens with zero attached hydrogens (tertiary/aromatic N) is 4. The number of allylic oxidation sites excluding steroid dienone is 4. The van der Waals surface area contributed by atoms with Gasteiger partial charge in [0, 0.05) is 71.6 Å². The second kappa shape index (κ2) is 35.7. The van der Waals surface area contributed by atoms with E-state index in [2.05, 4.69) is 97.0 Å². The molecular weight excluding hydrogens is 1040 g/mol. The van der Waals surface area contributed by atoms with Crippen LogP contribution in [0.25, 0.3) is 0 Å². The number of carbonyl (C=O) groups is 4. The summed E-state index contributed by atoms with van der Waals surface area (Å²) in [6.45, 7) is 26.3. The van der Waals surface area contributed by atoms with Gasteiger partial charge in [-0.3, -0.25) is 19.2 Å². The molecule has 4 amide bonds. The lowest BCUT2D eigenvalue weighted by Crippen LogP contribution is -2.34. The zero-order valence-corrected chi connectivity index (χ0v) is 51.9. The lowest BCUT2D eigenvalue weighted by atomic mass is 9.89. The van der Waals surface area contributed by atoms with Crippen molar-refractivity contribution < 1.29 is 38.1 Å². The molecule has 0 aliphatic carbocycles. The van der Waals surface area contributed by atoms with Crippen molar-refractivity contribution in [3.63, 3.8) is 0 Å². The highest BCUT2D eigenvalue weighted by Crippen LogP contribution is 2.39. The molecule has 0 atom stereocenters. The van der Waals surface area contributed by atoms with Crippen molar-refractivity contribution in [3.8, 4) is 23.0 Å². The standard InChI is InChI=1S/C67H96N8O8/c1-16-19-49-21-22-60(80-43-61(76)68-23-27-72(8)9)54(33-49)40-57-38-52(32-48(6)7)39-59(67(57)83-46-64(79)71-26-30-75(14)15)42-56-35-50(20-17-2)34-55(66(56)82-45-63(78)70-25-29-74(12)13)41-58-37-51(31-47(4)5)36-53(18-3)65(58)81-44-62(77)69-24-28-73(10)11/h16-17,21-22,33-39H,1-2,4,6,18-20,23-32,40-46H2,3,5,7-15H3,(H,68,76)(H,69,77)(H,70,78)(H,71,79). The second-order valence-corrected chi connectivity index (χ2v) is 22.6. The first-order valence-corrected chi connectivity index (χ1v) is 28.8. The minimum atomic E-state index is -0.281. The van der Waals surface area contributed by atoms with Gasteiger partial charge in [-0.05, 0) is 170 Å². The van der Waals surface area contributed by atoms with Crippen molar-refractivity contribution in [2.24, 2.45) is 0 Å². The van der Waals surface area contributed by atoms with Crippen molar-refractivity contribution >= 4 is 23.6 Å². The second-order valence-electron chi connectivity index (χ2n) is 22.6. The number of aryl methyl sites for hydroxylation is 1. The zero-order valence-electron chi connectivity index (χ0n) is 51.9. The van der Waals surface area contributed by atoms with Crippen LogP contribution in [0.1, 0.15) is 82.0 Å². The Bertz CT molecular complexity index is 2840. The van der Waals surface area contributed by atoms with E-state index in [1.165, 1.54) is 0 Å². The predicted molar refractivity (Wildman–Crippen MR) is 337 cm³/mol. The summed E-state index contributed by atoms with van der Waals surface area (Å²) in [5.41, 5.74) is 11.7. The summed E-state index contributed by atoms with van der Waals surface area (Å²) >= 11 is 0. The molecule has 0 saturated carbocycles. The number of carbonyl (C=O) groups excluding carboxylic acids is 4. The first-order valence-electron chi connectivity index (χ1n) is 28.8. The number of ether oxygens (including phenoxy) is 4. The average molecular weight is 1140 g/mol. The Balaban J connectivity index is 2.03. The van der Waals surface area contributed by atoms with Crippen LogP contribution in [0.15, 0.2) is 104 Å². The third-order valence-electron chi connectivity index (χ3n) is 13.3. The minimum absolute atomic E-state index is 0.177. The Morgan fingerprint density at radius 2 is 0.735 bits per heavy atom. The van der Waals surface area contributed by atoms with Gasteiger partial charge in [-0.2, -0.15) is 0 Å². The minimum Gasteiger partial charge on any atom is -0.483 e. The molecule has 0 aliphatic heterocycles. The molecule has 0 heterocycles. The highest BCUT2D eigenvalue weighted by Gasteiger charge is 2.24. The third kappa shape index (κ3) is 25.0. The zero-order chi connectivity index (χ0) is 61.0. The van der Waals surface area contributed by atoms with E-state index in [0.29, 0.717) is 120 Å². The van der Waals surface area contributed by atoms with Gasteiger partial charge in [0.2, 0.25) is 0 Å². The van der Waals surface area contributed by atoms with Gasteiger partial charge in [0.25, 0.3) is 23.6 Å². The highest BCUT2D eigenvalue weighted by molar-refractivity contribution is 5.79. The molecule has 0 saturated heterocycles. The van der Waals surface area contributed by atoms with E-state index in [9.17, 15) is 19.2 Å². The molecule has 16 nitrogen and oxygen atoms in total. The number of hydrogen-bond donors (Lipinski definition) is 4. The summed E-state index contributed by atoms with van der Waals surface area (Å²) < 4.78 is 26.4. The molecule has 83 heavy (non-hydrogen) atoms. The van der Waals surface area contributed by atoms with E-state index >= 15 is 0 Å². The molecule has 4 aromatic carbocycles. The van der Waals surface area contributed by atoms with E-state index in [0.717, 1.165) is 72.3 Å². The molecule has 4 rings (SSSR count). The van der Waals surface area contributed by atoms with Crippen molar-refractivity contribution in [2.75, 3.05) is 135 Å². The van der Waals surface area contributed by atoms with Crippen LogP contribution < -0.4 is 40.2 Å². The van der Waals surface area contributed by atoms with Crippen LogP contribution in [-0.4, -0.2) is 178 Å². The molecule has 0 fully saturated rings. The molecule has 0 unspecified atom stereocenters. The molecule has 452 valence electrons. The van der Waals surface area contributed by atoms with Gasteiger partial charge in [-0.1, -0.05) is 91.9 Å². The van der Waals surface area contributed by atoms with Gasteiger partial charge < -0.3 is 59.8 Å². The number of hydrogen-bond acceptors (Lipinski definition) is 12. The Labute approximate surface area is 496 Å². The van der Waals surface area contributed by atoms with Crippen LogP contribution in [-0.2, 0) is 70.5 Å². The lowest BCUT2D eigenvalue weighted by Gasteiger charge is -2.23. The summed E-state index contributed by atoms with van der Waals surface area (Å²) in [6, 6.07) is 18.6. The number of amides is 4. The van der Waals surface area contributed by atoms with E-state index in [-0.39, 0.29) is 56.5 Å². The third-order valence-corrected chi connectivity index (χ3v) is 13.3. The molecule has 16 heteroatoms. The molecule has 4 N–H and O–H groups in total. The van der Waals surface area contributed by atoms with Crippen LogP contribution in [0.5, 0.6) is 23.0 Å². The van der Waals surface area contributed by atoms with E-state index < -0.39 is 0 Å². The van der Waals surface area contributed by atoms with E-state index in [4.69, 9.17) is 18.9 Å². The number of likely N-dealkylation sites (N-methyl/N-ethyl adjacent to an activating group) is 4. The highest BCUT2D eigenvalue weighted by atomic mass is 16.5. The number of rotatable bonds is 39. The normalized spacial score (nSPS) is 11.2. The largest absolute Gasteiger partial charge is 0.483 e. The fourth-order valence-corrected chi connectivity index (χ4v) is 9.40. The lowest BCUT2D eigenvalue weighted by molar-refractivity contribution is -0.123. The Kier molecular flexibility index (Phi) is 29.3. The SMILES string of the molecule is C=CCc1ccc(OCC(=O)NCCN(C)C)c(Cc2cc(CC(=C)C)cc(Cc3cc(CC=C)cc(Cc4cc(CC(=C)C)cc(CC)c4OCC(=O)NCCN(C)C)c3OCC(=O)NCCN(C)C)c2OCC(=O)NCCN(C)C)c1. The topological polar surface area (TPSA) is 166 Å². The summed E-state index contributed by atoms with van der Waals surface area (Å²) in [6.07, 6.45) is 7.54. The molecule has 0 radical (unpaired) electrons. The molecule has 0 aromatic heterocycles. The number of benzene rings is 4. The maximum absolute atomic E-state index is 13.7. The summed E-state index contributed by atoms with van der Waals surface area (Å²) in [4.78, 5) is 61.8. The van der Waals surface area contributed by atoms with Gasteiger partial charge in [-0.25, -0.2) is 0 Å². The van der Waals surface area contributed by atoms with Gasteiger partial charge in [-0.15, -0.1) is 13.2 Å². The van der Waals surface area contributed by atoms with Crippen LogP contribution >= 0.6 is 0 Å². The predicted octanol–water partition coefficient (Wildman–Crippen LogP) is 6.94. The van der Waals surface area contributed by atoms with Crippen molar-refractivity contribution in [1.82, 2.24) is 40.9 Å². The first-order chi connectivity index (χ1) is 39.6. The summed E-state index contributed by atoms with van der Waals surface area (Å²) in [5.74, 6) is 1.13. The maximum atomic E-state index is 13.7. The molecule has 0 aliphatic rings. The van der Waals surface area contributed by atoms with Gasteiger partial charge in [0.05, 0.1) is 0 Å². The van der Waals surface area contributed by atoms with Crippen LogP contribution in [0, 0.1) is 0 Å². The summed E-state index contributed by atoms with van der Waals surface area (Å²) in [5, 5.41) is 11.9. The molecule has 4 aromatic rings. The van der Waals surface area contributed by atoms with Crippen molar-refractivity contribution in [3.05, 3.63) is 165 Å². The molecule has 0 bridgehead atoms. The fraction of sp³-hybridized carbons (Fsp3) is 0.463. The maximum Gasteiger partial charge on any atom is 0.257 e. The van der Waals surface area contributed by atoms with Crippen LogP contribution in [0.4, 0.5) is 0 Å². The first kappa shape index (κ1) is 68.3. The Morgan fingerprint density at radius 3 is 1.07 bits per heavy atom. The fourth-order valence-electron chi connectivity index (χ4n) is 9.40. The molecule has 0 spiro atoms. The monoisotopic (exact) mass is 1140 g/mol. The Morgan fingerprint density at radius 1 is 0.434 bits per heavy atom. The van der Waals surface area contributed by atoms with Crippen LogP contribution in [0.2, 0.25) is 0 Å². The van der Waals surface area contributed by atoms with Crippen molar-refractivity contribution in [2.45, 2.75) is 72.1 Å². The van der Waals surface area contributed by atoms with E-state index in [1.54, 1.807) is 0 Å². The molecular formula is C67H96N8O8. The number of nitrogens with one attached hydrogen (secondary N) is 4. The van der Waals surface area contributed by atoms with E-state index in [1.807, 2.05) is 114 Å². The van der Waals surface area contributed by atoms with Crippen LogP contribution in [0.3, 0.4) is 0 Å². The van der Waals surface area contributed by atoms with Gasteiger partial charge in [0.1, 0.15) is 23.0 Å². The van der Waals surface area contributed by atoms with Crippen molar-refractivity contribution in [1.29, 1.82) is 0 Å². The summed E-state index contributed by atoms with van der Waals surface area (Å²) in [7, 11) is 15.6. The quantitative estimate of drug-likeness (QED) is 0.0341. The van der Waals surface area contributed by atoms with Gasteiger partial charge >= 0.3 is 0 Å². The smallest absolute Gasteiger partial charge is 0.257 e. The average Bonchev–Trinajstić information content (AvgIpc) is 3.54.